The van der Waals surface area contributed by atoms with E-state index >= 15 is 0 Å². The van der Waals surface area contributed by atoms with Crippen LogP contribution < -0.4 is 4.74 Å². The summed E-state index contributed by atoms with van der Waals surface area (Å²) in [4.78, 5) is 0. The van der Waals surface area contributed by atoms with E-state index in [0.717, 1.165) is 10.2 Å². The van der Waals surface area contributed by atoms with Crippen LogP contribution in [-0.2, 0) is 0 Å². The fraction of sp³-hybridized carbons (Fsp3) is 0.111. The van der Waals surface area contributed by atoms with Gasteiger partial charge in [0.2, 0.25) is 0 Å². The number of para-hydroxylation sites is 1. The van der Waals surface area contributed by atoms with Crippen molar-refractivity contribution in [3.8, 4) is 5.75 Å². The molecular weight excluding hydrogens is 204 g/mol. The summed E-state index contributed by atoms with van der Waals surface area (Å²) in [6.07, 6.45) is 3.50. The summed E-state index contributed by atoms with van der Waals surface area (Å²) in [6, 6.07) is 7.74. The molecule has 0 aliphatic rings. The highest BCUT2D eigenvalue weighted by molar-refractivity contribution is 9.10. The summed E-state index contributed by atoms with van der Waals surface area (Å²) in [5.41, 5.74) is 0. The molecular formula is C9H9BrO. The zero-order chi connectivity index (χ0) is 8.10. The summed E-state index contributed by atoms with van der Waals surface area (Å²) in [5, 5.41) is 0. The minimum atomic E-state index is 0.839. The minimum Gasteiger partial charge on any atom is -0.464 e. The van der Waals surface area contributed by atoms with Crippen molar-refractivity contribution in [1.29, 1.82) is 0 Å². The van der Waals surface area contributed by atoms with E-state index in [-0.39, 0.29) is 0 Å². The van der Waals surface area contributed by atoms with Crippen LogP contribution in [0, 0.1) is 0 Å². The Kier molecular flexibility index (Phi) is 3.17. The molecule has 0 atom stereocenters. The van der Waals surface area contributed by atoms with Crippen molar-refractivity contribution in [2.24, 2.45) is 0 Å². The zero-order valence-corrected chi connectivity index (χ0v) is 7.84. The molecule has 11 heavy (non-hydrogen) atoms. The van der Waals surface area contributed by atoms with Crippen LogP contribution in [0.1, 0.15) is 6.92 Å². The quantitative estimate of drug-likeness (QED) is 0.684. The second kappa shape index (κ2) is 4.19. The van der Waals surface area contributed by atoms with Gasteiger partial charge in [0.15, 0.2) is 0 Å². The van der Waals surface area contributed by atoms with Crippen LogP contribution >= 0.6 is 15.9 Å². The molecule has 0 unspecified atom stereocenters. The molecule has 0 N–H and O–H groups in total. The van der Waals surface area contributed by atoms with Gasteiger partial charge in [-0.05, 0) is 35.0 Å². The number of hydrogen-bond acceptors (Lipinski definition) is 1. The van der Waals surface area contributed by atoms with Crippen molar-refractivity contribution in [3.63, 3.8) is 0 Å². The van der Waals surface area contributed by atoms with E-state index < -0.39 is 0 Å². The van der Waals surface area contributed by atoms with E-state index in [4.69, 9.17) is 4.74 Å². The third kappa shape index (κ3) is 2.39. The van der Waals surface area contributed by atoms with Gasteiger partial charge in [0, 0.05) is 0 Å². The van der Waals surface area contributed by atoms with Crippen LogP contribution in [0.5, 0.6) is 5.75 Å². The highest BCUT2D eigenvalue weighted by Gasteiger charge is 1.94. The third-order valence-electron chi connectivity index (χ3n) is 1.17. The lowest BCUT2D eigenvalue weighted by molar-refractivity contribution is 0.477. The maximum Gasteiger partial charge on any atom is 0.140 e. The first-order valence-corrected chi connectivity index (χ1v) is 4.16. The van der Waals surface area contributed by atoms with Gasteiger partial charge in [-0.25, -0.2) is 0 Å². The molecule has 1 rings (SSSR count). The number of allylic oxidation sites excluding steroid dienone is 1. The van der Waals surface area contributed by atoms with Crippen LogP contribution in [0.25, 0.3) is 0 Å². The molecule has 0 radical (unpaired) electrons. The van der Waals surface area contributed by atoms with E-state index in [0.29, 0.717) is 0 Å². The lowest BCUT2D eigenvalue weighted by Crippen LogP contribution is -1.81. The summed E-state index contributed by atoms with van der Waals surface area (Å²) in [6.45, 7) is 1.91. The number of hydrogen-bond donors (Lipinski definition) is 0. The van der Waals surface area contributed by atoms with Gasteiger partial charge < -0.3 is 4.74 Å². The van der Waals surface area contributed by atoms with Crippen LogP contribution in [0.3, 0.4) is 0 Å². The number of ether oxygens (including phenoxy) is 1. The molecule has 0 saturated carbocycles. The normalized spacial score (nSPS) is 10.4. The summed E-state index contributed by atoms with van der Waals surface area (Å²) in [7, 11) is 0. The van der Waals surface area contributed by atoms with Crippen LogP contribution in [0.2, 0.25) is 0 Å². The Morgan fingerprint density at radius 1 is 1.36 bits per heavy atom. The van der Waals surface area contributed by atoms with Gasteiger partial charge >= 0.3 is 0 Å². The molecule has 0 saturated heterocycles. The average molecular weight is 213 g/mol. The van der Waals surface area contributed by atoms with Gasteiger partial charge in [0.05, 0.1) is 10.7 Å². The number of halogens is 1. The van der Waals surface area contributed by atoms with E-state index in [1.165, 1.54) is 0 Å². The molecule has 2 heteroatoms. The molecule has 0 aromatic heterocycles. The van der Waals surface area contributed by atoms with Crippen molar-refractivity contribution in [1.82, 2.24) is 0 Å². The van der Waals surface area contributed by atoms with Crippen LogP contribution in [0.4, 0.5) is 0 Å². The van der Waals surface area contributed by atoms with Gasteiger partial charge in [-0.2, -0.15) is 0 Å². The Morgan fingerprint density at radius 3 is 2.73 bits per heavy atom. The lowest BCUT2D eigenvalue weighted by atomic mass is 10.3. The molecule has 0 aliphatic carbocycles. The fourth-order valence-corrected chi connectivity index (χ4v) is 1.06. The van der Waals surface area contributed by atoms with Crippen molar-refractivity contribution in [3.05, 3.63) is 41.1 Å². The van der Waals surface area contributed by atoms with Gasteiger partial charge in [-0.1, -0.05) is 18.2 Å². The maximum atomic E-state index is 5.26. The van der Waals surface area contributed by atoms with Crippen LogP contribution in [0.15, 0.2) is 41.1 Å². The molecule has 58 valence electrons. The molecule has 0 fully saturated rings. The Labute approximate surface area is 74.8 Å². The van der Waals surface area contributed by atoms with E-state index in [9.17, 15) is 0 Å². The summed E-state index contributed by atoms with van der Waals surface area (Å²) < 4.78 is 6.23. The largest absolute Gasteiger partial charge is 0.464 e. The second-order valence-corrected chi connectivity index (χ2v) is 2.87. The Bertz CT molecular complexity index is 255. The highest BCUT2D eigenvalue weighted by atomic mass is 79.9. The zero-order valence-electron chi connectivity index (χ0n) is 6.25. The lowest BCUT2D eigenvalue weighted by Gasteiger charge is -2.00. The minimum absolute atomic E-state index is 0.839. The molecule has 1 aromatic carbocycles. The predicted octanol–water partition coefficient (Wildman–Crippen LogP) is 3.36. The number of rotatable bonds is 2. The second-order valence-electron chi connectivity index (χ2n) is 2.02. The first-order valence-electron chi connectivity index (χ1n) is 3.37. The Balaban J connectivity index is 2.77. The third-order valence-corrected chi connectivity index (χ3v) is 1.82. The van der Waals surface area contributed by atoms with E-state index in [2.05, 4.69) is 15.9 Å². The fourth-order valence-electron chi connectivity index (χ4n) is 0.682. The monoisotopic (exact) mass is 212 g/mol. The van der Waals surface area contributed by atoms with Gasteiger partial charge in [0.25, 0.3) is 0 Å². The average Bonchev–Trinajstić information content (AvgIpc) is 2.03. The van der Waals surface area contributed by atoms with Gasteiger partial charge in [0.1, 0.15) is 5.75 Å². The summed E-state index contributed by atoms with van der Waals surface area (Å²) in [5.74, 6) is 0.839. The standard InChI is InChI=1S/C9H9BrO/c1-2-7-11-9-6-4-3-5-8(9)10/h2-7H,1H3/b7-2-. The molecule has 0 amide bonds. The number of benzene rings is 1. The highest BCUT2D eigenvalue weighted by Crippen LogP contribution is 2.23. The smallest absolute Gasteiger partial charge is 0.140 e. The summed E-state index contributed by atoms with van der Waals surface area (Å²) >= 11 is 3.37. The first-order chi connectivity index (χ1) is 5.34. The molecule has 0 heterocycles. The van der Waals surface area contributed by atoms with Crippen molar-refractivity contribution in [2.75, 3.05) is 0 Å². The Hall–Kier alpha value is -0.760. The SMILES string of the molecule is C/C=C\Oc1ccccc1Br. The van der Waals surface area contributed by atoms with E-state index in [1.54, 1.807) is 6.26 Å². The first kappa shape index (κ1) is 8.34. The Morgan fingerprint density at radius 2 is 2.09 bits per heavy atom. The van der Waals surface area contributed by atoms with Crippen molar-refractivity contribution in [2.45, 2.75) is 6.92 Å². The van der Waals surface area contributed by atoms with Crippen molar-refractivity contribution >= 4 is 15.9 Å². The molecule has 1 nitrogen and oxygen atoms in total. The molecule has 0 aliphatic heterocycles. The molecule has 1 aromatic rings. The van der Waals surface area contributed by atoms with E-state index in [1.807, 2.05) is 37.3 Å². The molecule has 0 bridgehead atoms. The topological polar surface area (TPSA) is 9.23 Å². The maximum absolute atomic E-state index is 5.26. The predicted molar refractivity (Wildman–Crippen MR) is 49.6 cm³/mol. The van der Waals surface area contributed by atoms with Crippen LogP contribution in [-0.4, -0.2) is 0 Å². The molecule has 0 spiro atoms. The van der Waals surface area contributed by atoms with Gasteiger partial charge in [-0.3, -0.25) is 0 Å². The van der Waals surface area contributed by atoms with Gasteiger partial charge in [-0.15, -0.1) is 0 Å². The van der Waals surface area contributed by atoms with Crippen molar-refractivity contribution < 1.29 is 4.74 Å².